The predicted molar refractivity (Wildman–Crippen MR) is 136 cm³/mol. The van der Waals surface area contributed by atoms with E-state index in [1.807, 2.05) is 37.2 Å². The number of amides is 1. The van der Waals surface area contributed by atoms with Gasteiger partial charge in [0, 0.05) is 12.6 Å². The van der Waals surface area contributed by atoms with Gasteiger partial charge in [-0.15, -0.1) is 5.10 Å². The second-order valence-electron chi connectivity index (χ2n) is 9.54. The highest BCUT2D eigenvalue weighted by molar-refractivity contribution is 6.04. The molecule has 1 heterocycles. The topological polar surface area (TPSA) is 90.7 Å². The fourth-order valence-corrected chi connectivity index (χ4v) is 3.47. The molecule has 0 saturated carbocycles. The highest BCUT2D eigenvalue weighted by Crippen LogP contribution is 2.33. The molecule has 2 aromatic carbocycles. The van der Waals surface area contributed by atoms with E-state index < -0.39 is 0 Å². The lowest BCUT2D eigenvalue weighted by Gasteiger charge is -2.22. The SMILES string of the molecule is COc1ccc(OC)c(-n2nnc(C(=O)Nc3cc(C(C)(C)C)ccc3OCCN(C)C)c2C)c1. The van der Waals surface area contributed by atoms with Crippen LogP contribution in [0, 0.1) is 6.92 Å². The van der Waals surface area contributed by atoms with Crippen molar-refractivity contribution < 1.29 is 19.0 Å². The molecular formula is C26H35N5O4. The van der Waals surface area contributed by atoms with Gasteiger partial charge in [0.1, 0.15) is 29.5 Å². The van der Waals surface area contributed by atoms with Crippen LogP contribution in [0.4, 0.5) is 5.69 Å². The zero-order valence-corrected chi connectivity index (χ0v) is 21.8. The average Bonchev–Trinajstić information content (AvgIpc) is 3.19. The first-order valence-corrected chi connectivity index (χ1v) is 11.4. The van der Waals surface area contributed by atoms with Crippen LogP contribution in [0.2, 0.25) is 0 Å². The molecule has 0 radical (unpaired) electrons. The summed E-state index contributed by atoms with van der Waals surface area (Å²) in [6, 6.07) is 11.2. The molecule has 0 unspecified atom stereocenters. The molecule has 9 heteroatoms. The van der Waals surface area contributed by atoms with E-state index in [2.05, 4.69) is 36.4 Å². The zero-order chi connectivity index (χ0) is 25.8. The van der Waals surface area contributed by atoms with E-state index in [9.17, 15) is 4.79 Å². The molecule has 0 aliphatic carbocycles. The van der Waals surface area contributed by atoms with Gasteiger partial charge in [0.05, 0.1) is 25.6 Å². The van der Waals surface area contributed by atoms with E-state index in [-0.39, 0.29) is 17.0 Å². The van der Waals surface area contributed by atoms with Gasteiger partial charge in [0.15, 0.2) is 5.69 Å². The Hall–Kier alpha value is -3.59. The van der Waals surface area contributed by atoms with E-state index in [4.69, 9.17) is 14.2 Å². The molecule has 1 N–H and O–H groups in total. The Balaban J connectivity index is 1.93. The normalized spacial score (nSPS) is 11.5. The summed E-state index contributed by atoms with van der Waals surface area (Å²) < 4.78 is 18.4. The van der Waals surface area contributed by atoms with E-state index in [1.165, 1.54) is 0 Å². The van der Waals surface area contributed by atoms with E-state index in [0.717, 1.165) is 12.1 Å². The number of nitrogens with one attached hydrogen (secondary N) is 1. The van der Waals surface area contributed by atoms with Gasteiger partial charge in [-0.05, 0) is 56.3 Å². The van der Waals surface area contributed by atoms with Crippen molar-refractivity contribution in [1.29, 1.82) is 0 Å². The van der Waals surface area contributed by atoms with Crippen molar-refractivity contribution >= 4 is 11.6 Å². The van der Waals surface area contributed by atoms with Crippen LogP contribution in [0.1, 0.15) is 42.5 Å². The maximum absolute atomic E-state index is 13.3. The van der Waals surface area contributed by atoms with E-state index >= 15 is 0 Å². The van der Waals surface area contributed by atoms with Gasteiger partial charge in [-0.3, -0.25) is 4.79 Å². The summed E-state index contributed by atoms with van der Waals surface area (Å²) in [6.07, 6.45) is 0. The second-order valence-corrected chi connectivity index (χ2v) is 9.54. The molecule has 3 rings (SSSR count). The first-order chi connectivity index (χ1) is 16.5. The van der Waals surface area contributed by atoms with Crippen LogP contribution in [0.15, 0.2) is 36.4 Å². The molecule has 35 heavy (non-hydrogen) atoms. The Labute approximate surface area is 207 Å². The zero-order valence-electron chi connectivity index (χ0n) is 21.8. The van der Waals surface area contributed by atoms with Crippen LogP contribution in [-0.4, -0.2) is 67.3 Å². The van der Waals surface area contributed by atoms with Gasteiger partial charge in [0.25, 0.3) is 5.91 Å². The summed E-state index contributed by atoms with van der Waals surface area (Å²) in [5.74, 6) is 1.45. The van der Waals surface area contributed by atoms with Crippen molar-refractivity contribution in [2.75, 3.05) is 46.8 Å². The second kappa shape index (κ2) is 10.8. The summed E-state index contributed by atoms with van der Waals surface area (Å²) in [5.41, 5.74) is 2.97. The van der Waals surface area contributed by atoms with Gasteiger partial charge in [0.2, 0.25) is 0 Å². The quantitative estimate of drug-likeness (QED) is 0.492. The largest absolute Gasteiger partial charge is 0.497 e. The number of benzene rings is 2. The van der Waals surface area contributed by atoms with Crippen molar-refractivity contribution in [1.82, 2.24) is 19.9 Å². The first kappa shape index (κ1) is 26.0. The van der Waals surface area contributed by atoms with Crippen LogP contribution in [-0.2, 0) is 5.41 Å². The summed E-state index contributed by atoms with van der Waals surface area (Å²) in [5, 5.41) is 11.4. The molecule has 1 aromatic heterocycles. The number of hydrogen-bond acceptors (Lipinski definition) is 7. The lowest BCUT2D eigenvalue weighted by Crippen LogP contribution is -2.21. The molecule has 0 atom stereocenters. The predicted octanol–water partition coefficient (Wildman–Crippen LogP) is 4.08. The number of anilines is 1. The highest BCUT2D eigenvalue weighted by Gasteiger charge is 2.22. The number of likely N-dealkylation sites (N-methyl/N-ethyl adjacent to an activating group) is 1. The molecule has 0 fully saturated rings. The number of aromatic nitrogens is 3. The molecule has 0 aliphatic heterocycles. The van der Waals surface area contributed by atoms with Crippen molar-refractivity contribution in [2.24, 2.45) is 0 Å². The third-order valence-electron chi connectivity index (χ3n) is 5.61. The molecule has 0 bridgehead atoms. The summed E-state index contributed by atoms with van der Waals surface area (Å²) in [7, 11) is 7.13. The fraction of sp³-hybridized carbons (Fsp3) is 0.423. The number of nitrogens with zero attached hydrogens (tertiary/aromatic N) is 4. The molecule has 0 aliphatic rings. The molecule has 9 nitrogen and oxygen atoms in total. The number of carbonyl (C=O) groups excluding carboxylic acids is 1. The number of carbonyl (C=O) groups is 1. The standard InChI is InChI=1S/C26H35N5O4/c1-17-24(28-29-31(17)21-16-19(33-7)10-12-23(21)34-8)25(32)27-20-15-18(26(2,3)4)9-11-22(20)35-14-13-30(5)6/h9-12,15-16H,13-14H2,1-8H3,(H,27,32). The Morgan fingerprint density at radius 3 is 2.40 bits per heavy atom. The molecule has 0 saturated heterocycles. The van der Waals surface area contributed by atoms with Crippen molar-refractivity contribution in [2.45, 2.75) is 33.1 Å². The van der Waals surface area contributed by atoms with E-state index in [0.29, 0.717) is 40.9 Å². The minimum absolute atomic E-state index is 0.0936. The lowest BCUT2D eigenvalue weighted by molar-refractivity contribution is 0.102. The Morgan fingerprint density at radius 1 is 1.06 bits per heavy atom. The van der Waals surface area contributed by atoms with Gasteiger partial charge >= 0.3 is 0 Å². The minimum Gasteiger partial charge on any atom is -0.497 e. The Bertz CT molecular complexity index is 1180. The number of hydrogen-bond donors (Lipinski definition) is 1. The lowest BCUT2D eigenvalue weighted by atomic mass is 9.87. The van der Waals surface area contributed by atoms with Gasteiger partial charge in [-0.25, -0.2) is 4.68 Å². The molecular weight excluding hydrogens is 446 g/mol. The summed E-state index contributed by atoms with van der Waals surface area (Å²) in [6.45, 7) is 9.40. The van der Waals surface area contributed by atoms with E-state index in [1.54, 1.807) is 44.0 Å². The molecule has 3 aromatic rings. The minimum atomic E-state index is -0.376. The smallest absolute Gasteiger partial charge is 0.278 e. The van der Waals surface area contributed by atoms with Crippen molar-refractivity contribution in [3.8, 4) is 22.9 Å². The maximum Gasteiger partial charge on any atom is 0.278 e. The first-order valence-electron chi connectivity index (χ1n) is 11.4. The Kier molecular flexibility index (Phi) is 8.01. The highest BCUT2D eigenvalue weighted by atomic mass is 16.5. The fourth-order valence-electron chi connectivity index (χ4n) is 3.47. The average molecular weight is 482 g/mol. The van der Waals surface area contributed by atoms with Crippen LogP contribution < -0.4 is 19.5 Å². The summed E-state index contributed by atoms with van der Waals surface area (Å²) >= 11 is 0. The molecule has 1 amide bonds. The van der Waals surface area contributed by atoms with Gasteiger partial charge in [-0.1, -0.05) is 32.1 Å². The van der Waals surface area contributed by atoms with Gasteiger partial charge < -0.3 is 24.4 Å². The monoisotopic (exact) mass is 481 g/mol. The third-order valence-corrected chi connectivity index (χ3v) is 5.61. The number of rotatable bonds is 9. The molecule has 188 valence electrons. The maximum atomic E-state index is 13.3. The number of ether oxygens (including phenoxy) is 3. The molecule has 0 spiro atoms. The van der Waals surface area contributed by atoms with Crippen LogP contribution in [0.25, 0.3) is 5.69 Å². The summed E-state index contributed by atoms with van der Waals surface area (Å²) in [4.78, 5) is 15.3. The third kappa shape index (κ3) is 6.10. The van der Waals surface area contributed by atoms with Gasteiger partial charge in [-0.2, -0.15) is 0 Å². The van der Waals surface area contributed by atoms with Crippen molar-refractivity contribution in [3.05, 3.63) is 53.3 Å². The number of methoxy groups -OCH3 is 2. The van der Waals surface area contributed by atoms with Crippen LogP contribution in [0.5, 0.6) is 17.2 Å². The van der Waals surface area contributed by atoms with Crippen LogP contribution in [0.3, 0.4) is 0 Å². The van der Waals surface area contributed by atoms with Crippen molar-refractivity contribution in [3.63, 3.8) is 0 Å². The Morgan fingerprint density at radius 2 is 1.77 bits per heavy atom. The van der Waals surface area contributed by atoms with Crippen LogP contribution >= 0.6 is 0 Å².